The van der Waals surface area contributed by atoms with E-state index in [1.165, 1.54) is 12.1 Å². The van der Waals surface area contributed by atoms with E-state index >= 15 is 0 Å². The highest BCUT2D eigenvalue weighted by Gasteiger charge is 2.32. The van der Waals surface area contributed by atoms with Gasteiger partial charge < -0.3 is 20.1 Å². The molecule has 28 heavy (non-hydrogen) atoms. The lowest BCUT2D eigenvalue weighted by molar-refractivity contribution is -0.0855. The number of nitrogens with one attached hydrogen (secondary N) is 2. The normalized spacial score (nSPS) is 21.5. The van der Waals surface area contributed by atoms with Crippen LogP contribution in [0.1, 0.15) is 31.2 Å². The van der Waals surface area contributed by atoms with Gasteiger partial charge in [0.05, 0.1) is 5.60 Å². The molecule has 2 aliphatic heterocycles. The SMILES string of the molecule is CN=C(NCC1(OC)CCOCC1)NC1CCN(Cc2ccc(F)cc2)CC1. The van der Waals surface area contributed by atoms with Crippen LogP contribution >= 0.6 is 0 Å². The Morgan fingerprint density at radius 1 is 1.25 bits per heavy atom. The molecule has 0 aliphatic carbocycles. The molecule has 0 atom stereocenters. The van der Waals surface area contributed by atoms with Gasteiger partial charge in [0.2, 0.25) is 0 Å². The Morgan fingerprint density at radius 2 is 1.93 bits per heavy atom. The molecule has 156 valence electrons. The molecule has 2 N–H and O–H groups in total. The zero-order chi connectivity index (χ0) is 19.8. The maximum absolute atomic E-state index is 13.0. The van der Waals surface area contributed by atoms with Gasteiger partial charge in [-0.25, -0.2) is 4.39 Å². The minimum Gasteiger partial charge on any atom is -0.381 e. The largest absolute Gasteiger partial charge is 0.381 e. The van der Waals surface area contributed by atoms with Crippen LogP contribution in [0.3, 0.4) is 0 Å². The molecule has 1 aromatic carbocycles. The van der Waals surface area contributed by atoms with Crippen LogP contribution in [0, 0.1) is 5.82 Å². The number of rotatable bonds is 6. The Kier molecular flexibility index (Phi) is 7.65. The average molecular weight is 393 g/mol. The molecule has 0 saturated carbocycles. The number of ether oxygens (including phenoxy) is 2. The van der Waals surface area contributed by atoms with E-state index in [1.807, 2.05) is 19.2 Å². The van der Waals surface area contributed by atoms with Crippen LogP contribution in [-0.2, 0) is 16.0 Å². The van der Waals surface area contributed by atoms with E-state index in [2.05, 4.69) is 20.5 Å². The van der Waals surface area contributed by atoms with E-state index in [0.29, 0.717) is 6.04 Å². The molecule has 2 heterocycles. The highest BCUT2D eigenvalue weighted by molar-refractivity contribution is 5.80. The number of aliphatic imine (C=N–C) groups is 1. The molecule has 2 aliphatic rings. The van der Waals surface area contributed by atoms with Crippen molar-refractivity contribution in [1.82, 2.24) is 15.5 Å². The summed E-state index contributed by atoms with van der Waals surface area (Å²) in [5.74, 6) is 0.654. The molecule has 6 nitrogen and oxygen atoms in total. The molecule has 0 spiro atoms. The number of halogens is 1. The molecule has 0 radical (unpaired) electrons. The zero-order valence-corrected chi connectivity index (χ0v) is 17.0. The van der Waals surface area contributed by atoms with Gasteiger partial charge >= 0.3 is 0 Å². The predicted octanol–water partition coefficient (Wildman–Crippen LogP) is 2.15. The monoisotopic (exact) mass is 392 g/mol. The van der Waals surface area contributed by atoms with E-state index in [1.54, 1.807) is 7.11 Å². The number of hydrogen-bond acceptors (Lipinski definition) is 4. The molecule has 2 fully saturated rings. The van der Waals surface area contributed by atoms with E-state index < -0.39 is 0 Å². The van der Waals surface area contributed by atoms with Crippen LogP contribution in [0.5, 0.6) is 0 Å². The van der Waals surface area contributed by atoms with Crippen molar-refractivity contribution in [2.24, 2.45) is 4.99 Å². The first-order chi connectivity index (χ1) is 13.6. The molecule has 1 aromatic rings. The summed E-state index contributed by atoms with van der Waals surface area (Å²) < 4.78 is 24.3. The van der Waals surface area contributed by atoms with Crippen LogP contribution in [-0.4, -0.2) is 69.5 Å². The lowest BCUT2D eigenvalue weighted by Gasteiger charge is -2.37. The van der Waals surface area contributed by atoms with E-state index in [0.717, 1.165) is 76.6 Å². The van der Waals surface area contributed by atoms with Crippen molar-refractivity contribution in [2.45, 2.75) is 43.9 Å². The van der Waals surface area contributed by atoms with Gasteiger partial charge in [-0.05, 0) is 30.5 Å². The van der Waals surface area contributed by atoms with Crippen LogP contribution in [0.2, 0.25) is 0 Å². The van der Waals surface area contributed by atoms with Crippen LogP contribution in [0.4, 0.5) is 4.39 Å². The van der Waals surface area contributed by atoms with Crippen molar-refractivity contribution in [3.63, 3.8) is 0 Å². The van der Waals surface area contributed by atoms with Crippen LogP contribution < -0.4 is 10.6 Å². The Hall–Kier alpha value is -1.70. The first kappa shape index (κ1) is 21.0. The summed E-state index contributed by atoms with van der Waals surface area (Å²) in [6.45, 7) is 5.13. The molecule has 0 amide bonds. The van der Waals surface area contributed by atoms with Crippen molar-refractivity contribution in [3.8, 4) is 0 Å². The second-order valence-corrected chi connectivity index (χ2v) is 7.75. The summed E-state index contributed by atoms with van der Waals surface area (Å²) in [6.07, 6.45) is 3.92. The summed E-state index contributed by atoms with van der Waals surface area (Å²) >= 11 is 0. The first-order valence-corrected chi connectivity index (χ1v) is 10.2. The topological polar surface area (TPSA) is 58.1 Å². The molecule has 0 bridgehead atoms. The van der Waals surface area contributed by atoms with Crippen LogP contribution in [0.25, 0.3) is 0 Å². The van der Waals surface area contributed by atoms with Crippen molar-refractivity contribution in [2.75, 3.05) is 47.0 Å². The van der Waals surface area contributed by atoms with Gasteiger partial charge in [0.15, 0.2) is 5.96 Å². The summed E-state index contributed by atoms with van der Waals surface area (Å²) in [4.78, 5) is 6.81. The Balaban J connectivity index is 1.41. The summed E-state index contributed by atoms with van der Waals surface area (Å²) in [6, 6.07) is 7.21. The van der Waals surface area contributed by atoms with Gasteiger partial charge in [-0.1, -0.05) is 12.1 Å². The minimum absolute atomic E-state index is 0.172. The third-order valence-electron chi connectivity index (χ3n) is 5.89. The van der Waals surface area contributed by atoms with Gasteiger partial charge in [0.25, 0.3) is 0 Å². The van der Waals surface area contributed by atoms with E-state index in [4.69, 9.17) is 9.47 Å². The molecule has 3 rings (SSSR count). The fraction of sp³-hybridized carbons (Fsp3) is 0.667. The third-order valence-corrected chi connectivity index (χ3v) is 5.89. The Labute approximate surface area is 167 Å². The smallest absolute Gasteiger partial charge is 0.191 e. The predicted molar refractivity (Wildman–Crippen MR) is 109 cm³/mol. The van der Waals surface area contributed by atoms with Gasteiger partial charge in [0.1, 0.15) is 5.82 Å². The number of piperidine rings is 1. The number of likely N-dealkylation sites (tertiary alicyclic amines) is 1. The lowest BCUT2D eigenvalue weighted by atomic mass is 9.94. The van der Waals surface area contributed by atoms with E-state index in [-0.39, 0.29) is 11.4 Å². The minimum atomic E-state index is -0.179. The maximum Gasteiger partial charge on any atom is 0.191 e. The molecule has 0 unspecified atom stereocenters. The van der Waals surface area contributed by atoms with Gasteiger partial charge in [-0.2, -0.15) is 0 Å². The molecular formula is C21H33FN4O2. The summed E-state index contributed by atoms with van der Waals surface area (Å²) in [5, 5.41) is 7.00. The Morgan fingerprint density at radius 3 is 2.54 bits per heavy atom. The fourth-order valence-electron chi connectivity index (χ4n) is 3.91. The Bertz CT molecular complexity index is 624. The van der Waals surface area contributed by atoms with Gasteiger partial charge in [-0.15, -0.1) is 0 Å². The second-order valence-electron chi connectivity index (χ2n) is 7.75. The fourth-order valence-corrected chi connectivity index (χ4v) is 3.91. The highest BCUT2D eigenvalue weighted by atomic mass is 19.1. The maximum atomic E-state index is 13.0. The number of methoxy groups -OCH3 is 1. The molecular weight excluding hydrogens is 359 g/mol. The summed E-state index contributed by atoms with van der Waals surface area (Å²) in [7, 11) is 3.59. The number of nitrogens with zero attached hydrogens (tertiary/aromatic N) is 2. The molecule has 2 saturated heterocycles. The standard InChI is InChI=1S/C21H33FN4O2/c1-23-20(24-16-21(27-2)9-13-28-14-10-21)25-19-7-11-26(12-8-19)15-17-3-5-18(22)6-4-17/h3-6,19H,7-16H2,1-2H3,(H2,23,24,25). The van der Waals surface area contributed by atoms with Crippen LogP contribution in [0.15, 0.2) is 29.3 Å². The third kappa shape index (κ3) is 5.90. The van der Waals surface area contributed by atoms with Crippen molar-refractivity contribution >= 4 is 5.96 Å². The number of benzene rings is 1. The summed E-state index contributed by atoms with van der Waals surface area (Å²) in [5.41, 5.74) is 0.987. The number of guanidine groups is 1. The molecule has 0 aromatic heterocycles. The average Bonchev–Trinajstić information content (AvgIpc) is 2.74. The second kappa shape index (κ2) is 10.2. The van der Waals surface area contributed by atoms with Crippen molar-refractivity contribution < 1.29 is 13.9 Å². The highest BCUT2D eigenvalue weighted by Crippen LogP contribution is 2.23. The van der Waals surface area contributed by atoms with E-state index in [9.17, 15) is 4.39 Å². The van der Waals surface area contributed by atoms with Gasteiger partial charge in [-0.3, -0.25) is 9.89 Å². The number of hydrogen-bond donors (Lipinski definition) is 2. The lowest BCUT2D eigenvalue weighted by Crippen LogP contribution is -2.53. The van der Waals surface area contributed by atoms with Gasteiger partial charge in [0, 0.05) is 72.4 Å². The van der Waals surface area contributed by atoms with Crippen molar-refractivity contribution in [3.05, 3.63) is 35.6 Å². The molecule has 7 heteroatoms. The quantitative estimate of drug-likeness (QED) is 0.574. The zero-order valence-electron chi connectivity index (χ0n) is 17.0. The van der Waals surface area contributed by atoms with Crippen molar-refractivity contribution in [1.29, 1.82) is 0 Å². The first-order valence-electron chi connectivity index (χ1n) is 10.2.